The van der Waals surface area contributed by atoms with Gasteiger partial charge in [-0.1, -0.05) is 42.5 Å². The number of primary amides is 1. The van der Waals surface area contributed by atoms with Crippen molar-refractivity contribution >= 4 is 22.8 Å². The predicted molar refractivity (Wildman–Crippen MR) is 110 cm³/mol. The molecule has 0 aliphatic heterocycles. The van der Waals surface area contributed by atoms with Gasteiger partial charge in [-0.15, -0.1) is 0 Å². The highest BCUT2D eigenvalue weighted by Gasteiger charge is 2.34. The van der Waals surface area contributed by atoms with Crippen molar-refractivity contribution in [3.05, 3.63) is 70.4 Å². The average molecular weight is 392 g/mol. The number of aliphatic hydroxyl groups excluding tert-OH is 1. The van der Waals surface area contributed by atoms with E-state index in [1.54, 1.807) is 6.07 Å². The van der Waals surface area contributed by atoms with Crippen LogP contribution in [0.4, 0.5) is 0 Å². The maximum absolute atomic E-state index is 12.3. The zero-order valence-corrected chi connectivity index (χ0v) is 16.3. The second-order valence-electron chi connectivity index (χ2n) is 7.72. The minimum absolute atomic E-state index is 0.314. The van der Waals surface area contributed by atoms with Crippen LogP contribution in [-0.4, -0.2) is 26.7 Å². The SMILES string of the molecule is Cc1ccc(C(O)C(=O)O)c2c3c(n(Cc4ccccc4)c12)CCCC3C(N)=O. The molecule has 0 bridgehead atoms. The number of amides is 1. The summed E-state index contributed by atoms with van der Waals surface area (Å²) in [6.45, 7) is 2.57. The maximum atomic E-state index is 12.3. The Morgan fingerprint density at radius 3 is 2.59 bits per heavy atom. The first-order chi connectivity index (χ1) is 13.9. The number of aliphatic hydroxyl groups is 1. The fourth-order valence-electron chi connectivity index (χ4n) is 4.62. The summed E-state index contributed by atoms with van der Waals surface area (Å²) in [5.74, 6) is -2.21. The van der Waals surface area contributed by atoms with E-state index in [0.717, 1.165) is 40.7 Å². The van der Waals surface area contributed by atoms with Crippen LogP contribution in [-0.2, 0) is 22.6 Å². The van der Waals surface area contributed by atoms with E-state index >= 15 is 0 Å². The van der Waals surface area contributed by atoms with E-state index in [4.69, 9.17) is 5.73 Å². The second-order valence-corrected chi connectivity index (χ2v) is 7.72. The topological polar surface area (TPSA) is 106 Å². The molecule has 2 unspecified atom stereocenters. The van der Waals surface area contributed by atoms with Gasteiger partial charge in [-0.2, -0.15) is 0 Å². The smallest absolute Gasteiger partial charge is 0.337 e. The number of nitrogens with two attached hydrogens (primary N) is 1. The summed E-state index contributed by atoms with van der Waals surface area (Å²) >= 11 is 0. The Kier molecular flexibility index (Phi) is 4.88. The van der Waals surface area contributed by atoms with Crippen LogP contribution in [0, 0.1) is 6.92 Å². The predicted octanol–water partition coefficient (Wildman–Crippen LogP) is 3.02. The standard InChI is InChI=1S/C23H24N2O4/c1-13-10-11-15(21(26)23(28)29)19-18-16(22(24)27)8-5-9-17(18)25(20(13)19)12-14-6-3-2-4-7-14/h2-4,6-7,10-11,16,21,26H,5,8-9,12H2,1H3,(H2,24,27)(H,28,29). The Bertz CT molecular complexity index is 1100. The highest BCUT2D eigenvalue weighted by molar-refractivity contribution is 5.98. The summed E-state index contributed by atoms with van der Waals surface area (Å²) in [7, 11) is 0. The highest BCUT2D eigenvalue weighted by Crippen LogP contribution is 2.43. The number of aliphatic carboxylic acids is 1. The third-order valence-corrected chi connectivity index (χ3v) is 5.90. The lowest BCUT2D eigenvalue weighted by molar-refractivity contribution is -0.146. The monoisotopic (exact) mass is 392 g/mol. The van der Waals surface area contributed by atoms with Crippen molar-refractivity contribution in [2.45, 2.75) is 44.8 Å². The Hall–Kier alpha value is -3.12. The number of carbonyl (C=O) groups is 2. The van der Waals surface area contributed by atoms with E-state index < -0.39 is 23.9 Å². The quantitative estimate of drug-likeness (QED) is 0.620. The number of rotatable bonds is 5. The average Bonchev–Trinajstić information content (AvgIpc) is 3.04. The number of hydrogen-bond donors (Lipinski definition) is 3. The van der Waals surface area contributed by atoms with Gasteiger partial charge in [-0.25, -0.2) is 4.79 Å². The highest BCUT2D eigenvalue weighted by atomic mass is 16.4. The summed E-state index contributed by atoms with van der Waals surface area (Å²) in [4.78, 5) is 23.8. The van der Waals surface area contributed by atoms with Crippen LogP contribution in [0.5, 0.6) is 0 Å². The molecule has 3 aromatic rings. The van der Waals surface area contributed by atoms with Crippen LogP contribution in [0.3, 0.4) is 0 Å². The van der Waals surface area contributed by atoms with E-state index in [2.05, 4.69) is 4.57 Å². The molecule has 150 valence electrons. The maximum Gasteiger partial charge on any atom is 0.337 e. The number of hydrogen-bond acceptors (Lipinski definition) is 3. The fourth-order valence-corrected chi connectivity index (χ4v) is 4.62. The number of carboxylic acid groups (broad SMARTS) is 1. The normalized spacial score (nSPS) is 17.1. The van der Waals surface area contributed by atoms with Crippen LogP contribution in [0.1, 0.15) is 52.8 Å². The molecule has 0 spiro atoms. The molecule has 2 aromatic carbocycles. The number of aromatic nitrogens is 1. The van der Waals surface area contributed by atoms with Crippen molar-refractivity contribution in [3.8, 4) is 0 Å². The van der Waals surface area contributed by atoms with Crippen LogP contribution in [0.25, 0.3) is 10.9 Å². The zero-order chi connectivity index (χ0) is 20.7. The van der Waals surface area contributed by atoms with Gasteiger partial charge in [0, 0.05) is 23.2 Å². The molecular formula is C23H24N2O4. The number of nitrogens with zero attached hydrogens (tertiary/aromatic N) is 1. The molecule has 0 radical (unpaired) electrons. The van der Waals surface area contributed by atoms with Gasteiger partial charge in [0.15, 0.2) is 6.10 Å². The van der Waals surface area contributed by atoms with Crippen molar-refractivity contribution < 1.29 is 19.8 Å². The lowest BCUT2D eigenvalue weighted by atomic mass is 9.83. The van der Waals surface area contributed by atoms with Gasteiger partial charge >= 0.3 is 5.97 Å². The summed E-state index contributed by atoms with van der Waals surface area (Å²) in [6, 6.07) is 13.5. The summed E-state index contributed by atoms with van der Waals surface area (Å²) < 4.78 is 2.17. The molecule has 1 aliphatic rings. The Labute approximate surface area is 168 Å². The molecule has 1 heterocycles. The summed E-state index contributed by atoms with van der Waals surface area (Å²) in [6.07, 6.45) is 0.582. The second kappa shape index (κ2) is 7.37. The molecule has 1 aromatic heterocycles. The van der Waals surface area contributed by atoms with Crippen LogP contribution < -0.4 is 5.73 Å². The molecule has 0 saturated heterocycles. The minimum Gasteiger partial charge on any atom is -0.479 e. The Balaban J connectivity index is 2.07. The van der Waals surface area contributed by atoms with Crippen molar-refractivity contribution in [2.75, 3.05) is 0 Å². The molecule has 0 fully saturated rings. The van der Waals surface area contributed by atoms with E-state index in [1.165, 1.54) is 0 Å². The van der Waals surface area contributed by atoms with Crippen molar-refractivity contribution in [1.29, 1.82) is 0 Å². The number of benzene rings is 2. The van der Waals surface area contributed by atoms with E-state index in [1.807, 2.05) is 43.3 Å². The third-order valence-electron chi connectivity index (χ3n) is 5.90. The molecule has 6 heteroatoms. The Morgan fingerprint density at radius 1 is 1.21 bits per heavy atom. The Morgan fingerprint density at radius 2 is 1.93 bits per heavy atom. The van der Waals surface area contributed by atoms with Crippen molar-refractivity contribution in [3.63, 3.8) is 0 Å². The van der Waals surface area contributed by atoms with Crippen molar-refractivity contribution in [1.82, 2.24) is 4.57 Å². The first kappa shape index (κ1) is 19.2. The van der Waals surface area contributed by atoms with Crippen LogP contribution in [0.2, 0.25) is 0 Å². The van der Waals surface area contributed by atoms with Gasteiger partial charge in [0.1, 0.15) is 0 Å². The van der Waals surface area contributed by atoms with Gasteiger partial charge in [-0.05, 0) is 42.9 Å². The summed E-state index contributed by atoms with van der Waals surface area (Å²) in [5.41, 5.74) is 10.8. The molecule has 29 heavy (non-hydrogen) atoms. The lowest BCUT2D eigenvalue weighted by Gasteiger charge is -2.22. The fraction of sp³-hybridized carbons (Fsp3) is 0.304. The van der Waals surface area contributed by atoms with E-state index in [-0.39, 0.29) is 0 Å². The van der Waals surface area contributed by atoms with Crippen LogP contribution >= 0.6 is 0 Å². The third kappa shape index (κ3) is 3.19. The number of carbonyl (C=O) groups excluding carboxylic acids is 1. The lowest BCUT2D eigenvalue weighted by Crippen LogP contribution is -2.25. The van der Waals surface area contributed by atoms with Gasteiger partial charge in [0.25, 0.3) is 0 Å². The molecule has 1 amide bonds. The molecule has 0 saturated carbocycles. The number of aryl methyl sites for hydroxylation is 1. The van der Waals surface area contributed by atoms with Crippen LogP contribution in [0.15, 0.2) is 42.5 Å². The zero-order valence-electron chi connectivity index (χ0n) is 16.3. The largest absolute Gasteiger partial charge is 0.479 e. The molecule has 2 atom stereocenters. The molecule has 4 rings (SSSR count). The number of fused-ring (bicyclic) bond motifs is 3. The first-order valence-electron chi connectivity index (χ1n) is 9.78. The summed E-state index contributed by atoms with van der Waals surface area (Å²) in [5, 5.41) is 20.5. The molecular weight excluding hydrogens is 368 g/mol. The van der Waals surface area contributed by atoms with Gasteiger partial charge < -0.3 is 20.5 Å². The van der Waals surface area contributed by atoms with E-state index in [9.17, 15) is 19.8 Å². The van der Waals surface area contributed by atoms with Crippen molar-refractivity contribution in [2.24, 2.45) is 5.73 Å². The van der Waals surface area contributed by atoms with Gasteiger partial charge in [0.05, 0.1) is 11.4 Å². The first-order valence-corrected chi connectivity index (χ1v) is 9.78. The number of carboxylic acids is 1. The van der Waals surface area contributed by atoms with Gasteiger partial charge in [-0.3, -0.25) is 4.79 Å². The van der Waals surface area contributed by atoms with Gasteiger partial charge in [0.2, 0.25) is 5.91 Å². The minimum atomic E-state index is -1.66. The van der Waals surface area contributed by atoms with E-state index in [0.29, 0.717) is 23.9 Å². The molecule has 1 aliphatic carbocycles. The molecule has 6 nitrogen and oxygen atoms in total. The molecule has 4 N–H and O–H groups in total.